The van der Waals surface area contributed by atoms with Gasteiger partial charge in [-0.1, -0.05) is 60.7 Å². The fourth-order valence-corrected chi connectivity index (χ4v) is 2.74. The monoisotopic (exact) mass is 286 g/mol. The minimum atomic E-state index is 0.719. The van der Waals surface area contributed by atoms with Crippen molar-refractivity contribution in [3.05, 3.63) is 66.4 Å². The molecule has 2 aromatic carbocycles. The van der Waals surface area contributed by atoms with Crippen LogP contribution in [0.3, 0.4) is 0 Å². The van der Waals surface area contributed by atoms with Gasteiger partial charge in [-0.25, -0.2) is 0 Å². The normalized spacial score (nSPS) is 11.0. The van der Waals surface area contributed by atoms with Crippen LogP contribution in [-0.2, 0) is 0 Å². The zero-order chi connectivity index (χ0) is 14.9. The summed E-state index contributed by atoms with van der Waals surface area (Å²) in [4.78, 5) is 0. The standard InChI is InChI=1S/C18H14N4/c1-12-15-16(13-8-4-2-5-9-13)17(14-10-6-3-7-11-14)20-22-18(15)21-19-12/h2-11H,1H3,(H,19,21,22). The Kier molecular flexibility index (Phi) is 2.93. The molecule has 0 spiro atoms. The number of nitrogens with zero attached hydrogens (tertiary/aromatic N) is 3. The number of nitrogens with one attached hydrogen (secondary N) is 1. The number of hydrogen-bond donors (Lipinski definition) is 1. The van der Waals surface area contributed by atoms with Crippen LogP contribution in [0.2, 0.25) is 0 Å². The molecule has 4 heteroatoms. The number of fused-ring (bicyclic) bond motifs is 1. The van der Waals surface area contributed by atoms with Crippen molar-refractivity contribution >= 4 is 11.0 Å². The van der Waals surface area contributed by atoms with Crippen molar-refractivity contribution in [2.75, 3.05) is 0 Å². The molecule has 2 aromatic heterocycles. The molecule has 0 bridgehead atoms. The van der Waals surface area contributed by atoms with Crippen LogP contribution in [0.5, 0.6) is 0 Å². The third kappa shape index (κ3) is 1.97. The van der Waals surface area contributed by atoms with Crippen molar-refractivity contribution in [2.24, 2.45) is 0 Å². The molecule has 0 aliphatic heterocycles. The number of aryl methyl sites for hydroxylation is 1. The first-order valence-electron chi connectivity index (χ1n) is 7.17. The van der Waals surface area contributed by atoms with Gasteiger partial charge in [0.25, 0.3) is 0 Å². The van der Waals surface area contributed by atoms with E-state index in [1.165, 1.54) is 0 Å². The van der Waals surface area contributed by atoms with Gasteiger partial charge in [0, 0.05) is 11.1 Å². The zero-order valence-electron chi connectivity index (χ0n) is 12.1. The lowest BCUT2D eigenvalue weighted by Gasteiger charge is -2.10. The van der Waals surface area contributed by atoms with Crippen molar-refractivity contribution in [3.8, 4) is 22.4 Å². The predicted octanol–water partition coefficient (Wildman–Crippen LogP) is 4.00. The van der Waals surface area contributed by atoms with E-state index in [9.17, 15) is 0 Å². The van der Waals surface area contributed by atoms with Gasteiger partial charge in [-0.15, -0.1) is 10.2 Å². The first-order valence-corrected chi connectivity index (χ1v) is 7.17. The lowest BCUT2D eigenvalue weighted by atomic mass is 9.96. The predicted molar refractivity (Wildman–Crippen MR) is 87.3 cm³/mol. The van der Waals surface area contributed by atoms with Gasteiger partial charge in [-0.05, 0) is 12.5 Å². The highest BCUT2D eigenvalue weighted by molar-refractivity contribution is 6.00. The SMILES string of the molecule is Cc1n[nH]c2nnc(-c3ccccc3)c(-c3ccccc3)c12. The maximum Gasteiger partial charge on any atom is 0.178 e. The second kappa shape index (κ2) is 5.07. The number of benzene rings is 2. The molecule has 0 fully saturated rings. The molecular formula is C18H14N4. The molecule has 0 saturated heterocycles. The molecule has 0 aliphatic carbocycles. The number of rotatable bonds is 2. The van der Waals surface area contributed by atoms with E-state index < -0.39 is 0 Å². The molecule has 106 valence electrons. The van der Waals surface area contributed by atoms with Crippen LogP contribution < -0.4 is 0 Å². The van der Waals surface area contributed by atoms with Gasteiger partial charge in [0.1, 0.15) is 5.69 Å². The summed E-state index contributed by atoms with van der Waals surface area (Å²) in [5.41, 5.74) is 5.77. The summed E-state index contributed by atoms with van der Waals surface area (Å²) in [6, 6.07) is 20.4. The van der Waals surface area contributed by atoms with Gasteiger partial charge in [0.15, 0.2) is 5.65 Å². The van der Waals surface area contributed by atoms with Gasteiger partial charge in [-0.3, -0.25) is 5.10 Å². The first kappa shape index (κ1) is 12.7. The van der Waals surface area contributed by atoms with Gasteiger partial charge in [0.05, 0.1) is 11.1 Å². The van der Waals surface area contributed by atoms with Crippen molar-refractivity contribution in [2.45, 2.75) is 6.92 Å². The third-order valence-electron chi connectivity index (χ3n) is 3.77. The Morgan fingerprint density at radius 3 is 2.09 bits per heavy atom. The van der Waals surface area contributed by atoms with Crippen LogP contribution in [0.15, 0.2) is 60.7 Å². The minimum absolute atomic E-state index is 0.719. The van der Waals surface area contributed by atoms with Crippen molar-refractivity contribution in [1.82, 2.24) is 20.4 Å². The van der Waals surface area contributed by atoms with E-state index in [4.69, 9.17) is 0 Å². The molecule has 4 rings (SSSR count). The Balaban J connectivity index is 2.11. The first-order chi connectivity index (χ1) is 10.8. The van der Waals surface area contributed by atoms with Gasteiger partial charge in [-0.2, -0.15) is 5.10 Å². The van der Waals surface area contributed by atoms with Crippen molar-refractivity contribution in [3.63, 3.8) is 0 Å². The lowest BCUT2D eigenvalue weighted by Crippen LogP contribution is -1.94. The molecule has 0 radical (unpaired) electrons. The third-order valence-corrected chi connectivity index (χ3v) is 3.77. The maximum absolute atomic E-state index is 4.45. The highest BCUT2D eigenvalue weighted by atomic mass is 15.2. The average Bonchev–Trinajstić information content (AvgIpc) is 2.97. The topological polar surface area (TPSA) is 54.5 Å². The molecule has 1 N–H and O–H groups in total. The fourth-order valence-electron chi connectivity index (χ4n) is 2.74. The molecule has 0 amide bonds. The average molecular weight is 286 g/mol. The largest absolute Gasteiger partial charge is 0.259 e. The molecule has 4 nitrogen and oxygen atoms in total. The van der Waals surface area contributed by atoms with Crippen LogP contribution >= 0.6 is 0 Å². The van der Waals surface area contributed by atoms with E-state index in [0.29, 0.717) is 0 Å². The molecule has 2 heterocycles. The zero-order valence-corrected chi connectivity index (χ0v) is 12.1. The molecule has 0 saturated carbocycles. The molecule has 22 heavy (non-hydrogen) atoms. The Morgan fingerprint density at radius 1 is 0.773 bits per heavy atom. The van der Waals surface area contributed by atoms with Crippen LogP contribution in [0.1, 0.15) is 5.69 Å². The van der Waals surface area contributed by atoms with E-state index in [1.54, 1.807) is 0 Å². The highest BCUT2D eigenvalue weighted by Gasteiger charge is 2.17. The van der Waals surface area contributed by atoms with Gasteiger partial charge < -0.3 is 0 Å². The Bertz CT molecular complexity index is 927. The summed E-state index contributed by atoms with van der Waals surface area (Å²) in [5, 5.41) is 17.0. The van der Waals surface area contributed by atoms with Gasteiger partial charge >= 0.3 is 0 Å². The summed E-state index contributed by atoms with van der Waals surface area (Å²) >= 11 is 0. The minimum Gasteiger partial charge on any atom is -0.259 e. The Labute approximate surface area is 127 Å². The summed E-state index contributed by atoms with van der Waals surface area (Å²) in [5.74, 6) is 0. The van der Waals surface area contributed by atoms with Crippen LogP contribution in [-0.4, -0.2) is 20.4 Å². The lowest BCUT2D eigenvalue weighted by molar-refractivity contribution is 1.01. The molecule has 0 aliphatic rings. The van der Waals surface area contributed by atoms with Crippen molar-refractivity contribution in [1.29, 1.82) is 0 Å². The molecule has 4 aromatic rings. The number of hydrogen-bond acceptors (Lipinski definition) is 3. The summed E-state index contributed by atoms with van der Waals surface area (Å²) in [6.07, 6.45) is 0. The second-order valence-electron chi connectivity index (χ2n) is 5.19. The quantitative estimate of drug-likeness (QED) is 0.606. The Hall–Kier alpha value is -3.01. The van der Waals surface area contributed by atoms with Crippen LogP contribution in [0, 0.1) is 6.92 Å². The second-order valence-corrected chi connectivity index (χ2v) is 5.19. The smallest absolute Gasteiger partial charge is 0.178 e. The molecular weight excluding hydrogens is 272 g/mol. The number of aromatic nitrogens is 4. The molecule has 0 unspecified atom stereocenters. The summed E-state index contributed by atoms with van der Waals surface area (Å²) in [6.45, 7) is 1.99. The molecule has 0 atom stereocenters. The van der Waals surface area contributed by atoms with E-state index in [-0.39, 0.29) is 0 Å². The maximum atomic E-state index is 4.45. The van der Waals surface area contributed by atoms with Gasteiger partial charge in [0.2, 0.25) is 0 Å². The number of H-pyrrole nitrogens is 1. The van der Waals surface area contributed by atoms with Crippen molar-refractivity contribution < 1.29 is 0 Å². The Morgan fingerprint density at radius 2 is 1.41 bits per heavy atom. The van der Waals surface area contributed by atoms with E-state index in [1.807, 2.05) is 43.3 Å². The van der Waals surface area contributed by atoms with Crippen LogP contribution in [0.4, 0.5) is 0 Å². The van der Waals surface area contributed by atoms with Crippen LogP contribution in [0.25, 0.3) is 33.4 Å². The van der Waals surface area contributed by atoms with E-state index >= 15 is 0 Å². The summed E-state index contributed by atoms with van der Waals surface area (Å²) in [7, 11) is 0. The fraction of sp³-hybridized carbons (Fsp3) is 0.0556. The van der Waals surface area contributed by atoms with E-state index in [2.05, 4.69) is 44.7 Å². The summed E-state index contributed by atoms with van der Waals surface area (Å²) < 4.78 is 0. The van der Waals surface area contributed by atoms with E-state index in [0.717, 1.165) is 39.1 Å². The highest BCUT2D eigenvalue weighted by Crippen LogP contribution is 2.36. The number of aromatic amines is 1.